The van der Waals surface area contributed by atoms with Gasteiger partial charge in [-0.3, -0.25) is 19.3 Å². The van der Waals surface area contributed by atoms with Gasteiger partial charge in [0.2, 0.25) is 11.8 Å². The topological polar surface area (TPSA) is 96.0 Å². The average Bonchev–Trinajstić information content (AvgIpc) is 2.83. The second kappa shape index (κ2) is 13.5. The van der Waals surface area contributed by atoms with Crippen molar-refractivity contribution in [1.82, 2.24) is 15.1 Å². The standard InChI is InChI=1S/C32H51N3O5/c1-21(2)24(19-22(3)20-36)34(12)28(38)25(30(4,5)6)33-27(37)26(35(13)29(39)40-31(7,8)9)32(10,11)23-17-15-14-16-18-23/h14-21,24-26H,1-13H3,(H,33,37)/b22-19+/t24?,25?,26-/m1/s1. The number of hydrogen-bond donors (Lipinski definition) is 1. The Labute approximate surface area is 241 Å². The summed E-state index contributed by atoms with van der Waals surface area (Å²) in [6, 6.07) is 7.25. The molecule has 1 N–H and O–H groups in total. The summed E-state index contributed by atoms with van der Waals surface area (Å²) in [5, 5.41) is 3.00. The second-order valence-corrected chi connectivity index (χ2v) is 13.6. The number of amides is 3. The van der Waals surface area contributed by atoms with Crippen LogP contribution in [0.2, 0.25) is 0 Å². The van der Waals surface area contributed by atoms with E-state index in [-0.39, 0.29) is 17.9 Å². The van der Waals surface area contributed by atoms with Gasteiger partial charge < -0.3 is 15.0 Å². The van der Waals surface area contributed by atoms with E-state index in [1.807, 2.05) is 78.8 Å². The molecular formula is C32H51N3O5. The van der Waals surface area contributed by atoms with Crippen LogP contribution in [0.3, 0.4) is 0 Å². The Balaban J connectivity index is 3.58. The van der Waals surface area contributed by atoms with E-state index in [1.54, 1.807) is 52.8 Å². The Hall–Kier alpha value is -3.16. The molecule has 0 radical (unpaired) electrons. The first-order valence-corrected chi connectivity index (χ1v) is 13.9. The minimum atomic E-state index is -0.995. The molecule has 8 heteroatoms. The van der Waals surface area contributed by atoms with Gasteiger partial charge in [0.25, 0.3) is 0 Å². The molecule has 0 saturated carbocycles. The third-order valence-corrected chi connectivity index (χ3v) is 7.02. The molecule has 1 rings (SSSR count). The van der Waals surface area contributed by atoms with E-state index >= 15 is 0 Å². The van der Waals surface area contributed by atoms with E-state index in [9.17, 15) is 19.2 Å². The molecule has 224 valence electrons. The molecule has 0 heterocycles. The first-order chi connectivity index (χ1) is 18.1. The fourth-order valence-corrected chi connectivity index (χ4v) is 4.73. The van der Waals surface area contributed by atoms with Gasteiger partial charge in [-0.1, -0.05) is 84.9 Å². The van der Waals surface area contributed by atoms with Gasteiger partial charge >= 0.3 is 6.09 Å². The van der Waals surface area contributed by atoms with E-state index in [1.165, 1.54) is 4.90 Å². The zero-order valence-corrected chi connectivity index (χ0v) is 26.8. The largest absolute Gasteiger partial charge is 0.444 e. The number of nitrogens with one attached hydrogen (secondary N) is 1. The first kappa shape index (κ1) is 34.9. The van der Waals surface area contributed by atoms with Crippen molar-refractivity contribution in [2.75, 3.05) is 14.1 Å². The monoisotopic (exact) mass is 557 g/mol. The zero-order chi connectivity index (χ0) is 31.2. The molecule has 40 heavy (non-hydrogen) atoms. The number of benzene rings is 1. The number of rotatable bonds is 10. The summed E-state index contributed by atoms with van der Waals surface area (Å²) in [6.45, 7) is 20.4. The summed E-state index contributed by atoms with van der Waals surface area (Å²) in [5.74, 6) is -0.724. The molecule has 0 aliphatic carbocycles. The van der Waals surface area contributed by atoms with Crippen molar-refractivity contribution >= 4 is 24.2 Å². The molecule has 8 nitrogen and oxygen atoms in total. The number of ether oxygens (including phenoxy) is 1. The zero-order valence-electron chi connectivity index (χ0n) is 26.8. The average molecular weight is 558 g/mol. The molecule has 1 aromatic carbocycles. The summed E-state index contributed by atoms with van der Waals surface area (Å²) in [6.07, 6.45) is 1.90. The number of allylic oxidation sites excluding steroid dienone is 1. The van der Waals surface area contributed by atoms with Crippen molar-refractivity contribution in [2.45, 2.75) is 105 Å². The fourth-order valence-electron chi connectivity index (χ4n) is 4.73. The van der Waals surface area contributed by atoms with Gasteiger partial charge in [-0.15, -0.1) is 0 Å². The van der Waals surface area contributed by atoms with Crippen LogP contribution in [0.15, 0.2) is 42.0 Å². The lowest BCUT2D eigenvalue weighted by atomic mass is 9.76. The normalized spacial score (nSPS) is 15.1. The van der Waals surface area contributed by atoms with Crippen molar-refractivity contribution in [1.29, 1.82) is 0 Å². The highest BCUT2D eigenvalue weighted by molar-refractivity contribution is 5.93. The lowest BCUT2D eigenvalue weighted by Crippen LogP contribution is -2.63. The van der Waals surface area contributed by atoms with Gasteiger partial charge in [0.05, 0.1) is 6.04 Å². The van der Waals surface area contributed by atoms with Crippen LogP contribution in [0.4, 0.5) is 4.79 Å². The molecule has 2 unspecified atom stereocenters. The van der Waals surface area contributed by atoms with Crippen molar-refractivity contribution in [3.63, 3.8) is 0 Å². The van der Waals surface area contributed by atoms with E-state index in [0.717, 1.165) is 11.8 Å². The van der Waals surface area contributed by atoms with Crippen molar-refractivity contribution in [3.05, 3.63) is 47.5 Å². The quantitative estimate of drug-likeness (QED) is 0.309. The summed E-state index contributed by atoms with van der Waals surface area (Å²) in [5.41, 5.74) is -0.861. The highest BCUT2D eigenvalue weighted by Crippen LogP contribution is 2.32. The Morgan fingerprint density at radius 2 is 1.43 bits per heavy atom. The highest BCUT2D eigenvalue weighted by atomic mass is 16.6. The molecule has 0 aromatic heterocycles. The van der Waals surface area contributed by atoms with Gasteiger partial charge in [-0.25, -0.2) is 4.79 Å². The molecule has 3 atom stereocenters. The van der Waals surface area contributed by atoms with Crippen LogP contribution in [0.25, 0.3) is 0 Å². The lowest BCUT2D eigenvalue weighted by molar-refractivity contribution is -0.141. The minimum absolute atomic E-state index is 0.0308. The molecule has 0 spiro atoms. The molecule has 0 aliphatic heterocycles. The van der Waals surface area contributed by atoms with E-state index in [4.69, 9.17) is 4.74 Å². The molecule has 0 bridgehead atoms. The van der Waals surface area contributed by atoms with Gasteiger partial charge in [0, 0.05) is 19.5 Å². The molecule has 0 saturated heterocycles. The van der Waals surface area contributed by atoms with Crippen LogP contribution in [0.1, 0.15) is 81.7 Å². The number of hydrogen-bond acceptors (Lipinski definition) is 5. The predicted octanol–water partition coefficient (Wildman–Crippen LogP) is 5.36. The molecule has 1 aromatic rings. The van der Waals surface area contributed by atoms with Crippen LogP contribution in [0.5, 0.6) is 0 Å². The van der Waals surface area contributed by atoms with Crippen LogP contribution in [-0.4, -0.2) is 71.8 Å². The minimum Gasteiger partial charge on any atom is -0.444 e. The maximum absolute atomic E-state index is 14.2. The van der Waals surface area contributed by atoms with Crippen LogP contribution in [0, 0.1) is 11.3 Å². The number of carbonyl (C=O) groups is 4. The third kappa shape index (κ3) is 9.20. The van der Waals surface area contributed by atoms with E-state index in [2.05, 4.69) is 5.32 Å². The van der Waals surface area contributed by atoms with Gasteiger partial charge in [0.1, 0.15) is 24.0 Å². The predicted molar refractivity (Wildman–Crippen MR) is 160 cm³/mol. The van der Waals surface area contributed by atoms with Gasteiger partial charge in [-0.05, 0) is 50.2 Å². The number of aldehydes is 1. The summed E-state index contributed by atoms with van der Waals surface area (Å²) in [4.78, 5) is 55.6. The summed E-state index contributed by atoms with van der Waals surface area (Å²) < 4.78 is 5.62. The van der Waals surface area contributed by atoms with Gasteiger partial charge in [0.15, 0.2) is 0 Å². The van der Waals surface area contributed by atoms with Crippen LogP contribution >= 0.6 is 0 Å². The van der Waals surface area contributed by atoms with E-state index < -0.39 is 40.5 Å². The molecule has 0 aliphatic rings. The maximum atomic E-state index is 14.2. The Kier molecular flexibility index (Phi) is 11.7. The SMILES string of the molecule is C/C(C=O)=C\C(C(C)C)N(C)C(=O)C(NC(=O)[C@@H](N(C)C(=O)OC(C)(C)C)C(C)(C)c1ccccc1)C(C)(C)C. The van der Waals surface area contributed by atoms with E-state index in [0.29, 0.717) is 5.57 Å². The third-order valence-electron chi connectivity index (χ3n) is 7.02. The molecular weight excluding hydrogens is 506 g/mol. The first-order valence-electron chi connectivity index (χ1n) is 13.9. The number of carbonyl (C=O) groups excluding carboxylic acids is 4. The summed E-state index contributed by atoms with van der Waals surface area (Å²) >= 11 is 0. The molecule has 3 amide bonds. The lowest BCUT2D eigenvalue weighted by Gasteiger charge is -2.42. The van der Waals surface area contributed by atoms with Crippen LogP contribution in [-0.2, 0) is 24.5 Å². The molecule has 0 fully saturated rings. The highest BCUT2D eigenvalue weighted by Gasteiger charge is 2.45. The van der Waals surface area contributed by atoms with Crippen LogP contribution < -0.4 is 5.32 Å². The summed E-state index contributed by atoms with van der Waals surface area (Å²) in [7, 11) is 3.23. The van der Waals surface area contributed by atoms with Crippen molar-refractivity contribution in [3.8, 4) is 0 Å². The maximum Gasteiger partial charge on any atom is 0.410 e. The fraction of sp³-hybridized carbons (Fsp3) is 0.625. The second-order valence-electron chi connectivity index (χ2n) is 13.6. The smallest absolute Gasteiger partial charge is 0.410 e. The number of nitrogens with zero attached hydrogens (tertiary/aromatic N) is 2. The number of likely N-dealkylation sites (N-methyl/N-ethyl adjacent to an activating group) is 2. The Morgan fingerprint density at radius 1 is 0.900 bits per heavy atom. The Morgan fingerprint density at radius 3 is 1.85 bits per heavy atom. The van der Waals surface area contributed by atoms with Gasteiger partial charge in [-0.2, -0.15) is 0 Å². The van der Waals surface area contributed by atoms with Crippen molar-refractivity contribution in [2.24, 2.45) is 11.3 Å². The van der Waals surface area contributed by atoms with Crippen molar-refractivity contribution < 1.29 is 23.9 Å². The Bertz CT molecular complexity index is 1060.